The van der Waals surface area contributed by atoms with Gasteiger partial charge in [-0.1, -0.05) is 42.5 Å². The van der Waals surface area contributed by atoms with Crippen LogP contribution in [0.2, 0.25) is 0 Å². The van der Waals surface area contributed by atoms with Gasteiger partial charge in [0.2, 0.25) is 0 Å². The van der Waals surface area contributed by atoms with E-state index in [-0.39, 0.29) is 11.8 Å². The van der Waals surface area contributed by atoms with Gasteiger partial charge >= 0.3 is 0 Å². The summed E-state index contributed by atoms with van der Waals surface area (Å²) in [7, 11) is 0. The Morgan fingerprint density at radius 1 is 0.815 bits per heavy atom. The first-order valence-electron chi connectivity index (χ1n) is 9.58. The average Bonchev–Trinajstić information content (AvgIpc) is 2.95. The molecule has 4 heteroatoms. The summed E-state index contributed by atoms with van der Waals surface area (Å²) in [5.74, 6) is -0.421. The van der Waals surface area contributed by atoms with E-state index >= 15 is 0 Å². The van der Waals surface area contributed by atoms with Gasteiger partial charge in [0.1, 0.15) is 5.70 Å². The summed E-state index contributed by atoms with van der Waals surface area (Å²) in [4.78, 5) is 30.4. The lowest BCUT2D eigenvalue weighted by molar-refractivity contribution is -0.120. The molecule has 1 fully saturated rings. The molecule has 138 valence electrons. The fourth-order valence-electron chi connectivity index (χ4n) is 3.97. The second-order valence-corrected chi connectivity index (χ2v) is 7.37. The Morgan fingerprint density at radius 2 is 1.52 bits per heavy atom. The predicted molar refractivity (Wildman–Crippen MR) is 107 cm³/mol. The highest BCUT2D eigenvalue weighted by molar-refractivity contribution is 6.45. The normalized spacial score (nSPS) is 17.9. The SMILES string of the molecule is Cc1ccc(C)c(N2C(=O)C(c3ccccc3)=C(N3CCCCC3)C2=O)c1. The number of amides is 2. The number of aryl methyl sites for hydroxylation is 2. The van der Waals surface area contributed by atoms with Gasteiger partial charge in [0.25, 0.3) is 11.8 Å². The van der Waals surface area contributed by atoms with Crippen LogP contribution in [0.3, 0.4) is 0 Å². The topological polar surface area (TPSA) is 40.6 Å². The molecular formula is C23H24N2O2. The highest BCUT2D eigenvalue weighted by atomic mass is 16.2. The highest BCUT2D eigenvalue weighted by Crippen LogP contribution is 2.37. The van der Waals surface area contributed by atoms with Gasteiger partial charge in [0.05, 0.1) is 11.3 Å². The van der Waals surface area contributed by atoms with Crippen molar-refractivity contribution in [3.8, 4) is 0 Å². The van der Waals surface area contributed by atoms with Crippen molar-refractivity contribution in [3.63, 3.8) is 0 Å². The van der Waals surface area contributed by atoms with Crippen molar-refractivity contribution in [2.75, 3.05) is 18.0 Å². The van der Waals surface area contributed by atoms with E-state index in [1.54, 1.807) is 0 Å². The fraction of sp³-hybridized carbons (Fsp3) is 0.304. The molecule has 0 spiro atoms. The van der Waals surface area contributed by atoms with Crippen molar-refractivity contribution in [1.29, 1.82) is 0 Å². The third-order valence-corrected chi connectivity index (χ3v) is 5.40. The molecule has 0 aliphatic carbocycles. The van der Waals surface area contributed by atoms with Gasteiger partial charge < -0.3 is 4.90 Å². The molecule has 0 atom stereocenters. The first kappa shape index (κ1) is 17.5. The quantitative estimate of drug-likeness (QED) is 0.775. The van der Waals surface area contributed by atoms with E-state index in [1.807, 2.05) is 62.4 Å². The van der Waals surface area contributed by atoms with E-state index in [0.29, 0.717) is 17.0 Å². The molecule has 4 rings (SSSR count). The lowest BCUT2D eigenvalue weighted by Crippen LogP contribution is -2.37. The van der Waals surface area contributed by atoms with E-state index in [9.17, 15) is 9.59 Å². The van der Waals surface area contributed by atoms with Crippen LogP contribution in [0.15, 0.2) is 54.2 Å². The Morgan fingerprint density at radius 3 is 2.22 bits per heavy atom. The van der Waals surface area contributed by atoms with E-state index in [0.717, 1.165) is 42.6 Å². The maximum absolute atomic E-state index is 13.5. The Bertz CT molecular complexity index is 925. The largest absolute Gasteiger partial charge is 0.366 e. The summed E-state index contributed by atoms with van der Waals surface area (Å²) >= 11 is 0. The number of anilines is 1. The van der Waals surface area contributed by atoms with Gasteiger partial charge in [-0.2, -0.15) is 0 Å². The molecule has 0 N–H and O–H groups in total. The number of hydrogen-bond donors (Lipinski definition) is 0. The Kier molecular flexibility index (Phi) is 4.56. The van der Waals surface area contributed by atoms with Crippen molar-refractivity contribution in [3.05, 3.63) is 70.9 Å². The molecule has 2 amide bonds. The minimum Gasteiger partial charge on any atom is -0.366 e. The Labute approximate surface area is 160 Å². The van der Waals surface area contributed by atoms with Gasteiger partial charge in [-0.15, -0.1) is 0 Å². The maximum atomic E-state index is 13.5. The zero-order valence-corrected chi connectivity index (χ0v) is 15.9. The van der Waals surface area contributed by atoms with Crippen LogP contribution in [0, 0.1) is 13.8 Å². The van der Waals surface area contributed by atoms with Crippen LogP contribution >= 0.6 is 0 Å². The molecule has 2 aliphatic rings. The van der Waals surface area contributed by atoms with E-state index in [1.165, 1.54) is 11.3 Å². The standard InChI is InChI=1S/C23H24N2O2/c1-16-11-12-17(2)19(15-16)25-22(26)20(18-9-5-3-6-10-18)21(23(25)27)24-13-7-4-8-14-24/h3,5-6,9-12,15H,4,7-8,13-14H2,1-2H3. The van der Waals surface area contributed by atoms with Crippen molar-refractivity contribution in [1.82, 2.24) is 4.90 Å². The summed E-state index contributed by atoms with van der Waals surface area (Å²) < 4.78 is 0. The first-order chi connectivity index (χ1) is 13.1. The lowest BCUT2D eigenvalue weighted by Gasteiger charge is -2.29. The second kappa shape index (κ2) is 7.03. The molecule has 27 heavy (non-hydrogen) atoms. The Balaban J connectivity index is 1.85. The molecule has 2 aromatic rings. The van der Waals surface area contributed by atoms with Gasteiger partial charge in [-0.3, -0.25) is 9.59 Å². The average molecular weight is 360 g/mol. The molecule has 0 aromatic heterocycles. The number of piperidine rings is 1. The van der Waals surface area contributed by atoms with Gasteiger partial charge in [-0.25, -0.2) is 4.90 Å². The molecule has 0 radical (unpaired) electrons. The van der Waals surface area contributed by atoms with Gasteiger partial charge in [-0.05, 0) is 55.9 Å². The molecule has 2 aromatic carbocycles. The van der Waals surface area contributed by atoms with Crippen LogP contribution in [0.4, 0.5) is 5.69 Å². The molecule has 1 saturated heterocycles. The van der Waals surface area contributed by atoms with Crippen LogP contribution < -0.4 is 4.90 Å². The third kappa shape index (κ3) is 3.05. The summed E-state index contributed by atoms with van der Waals surface area (Å²) in [5.41, 5.74) is 4.54. The second-order valence-electron chi connectivity index (χ2n) is 7.37. The van der Waals surface area contributed by atoms with E-state index < -0.39 is 0 Å². The van der Waals surface area contributed by atoms with Crippen molar-refractivity contribution >= 4 is 23.1 Å². The van der Waals surface area contributed by atoms with Crippen molar-refractivity contribution in [2.24, 2.45) is 0 Å². The highest BCUT2D eigenvalue weighted by Gasteiger charge is 2.43. The summed E-state index contributed by atoms with van der Waals surface area (Å²) in [5, 5.41) is 0. The minimum atomic E-state index is -0.222. The zero-order valence-electron chi connectivity index (χ0n) is 15.9. The summed E-state index contributed by atoms with van der Waals surface area (Å²) in [6, 6.07) is 15.5. The van der Waals surface area contributed by atoms with Crippen LogP contribution in [-0.2, 0) is 9.59 Å². The van der Waals surface area contributed by atoms with Crippen LogP contribution in [0.25, 0.3) is 5.57 Å². The van der Waals surface area contributed by atoms with Crippen molar-refractivity contribution in [2.45, 2.75) is 33.1 Å². The molecule has 0 bridgehead atoms. The number of carbonyl (C=O) groups is 2. The number of nitrogens with zero attached hydrogens (tertiary/aromatic N) is 2. The van der Waals surface area contributed by atoms with Crippen molar-refractivity contribution < 1.29 is 9.59 Å². The molecule has 4 nitrogen and oxygen atoms in total. The summed E-state index contributed by atoms with van der Waals surface area (Å²) in [6.07, 6.45) is 3.28. The number of rotatable bonds is 3. The molecule has 2 heterocycles. The smallest absolute Gasteiger partial charge is 0.282 e. The number of carbonyl (C=O) groups excluding carboxylic acids is 2. The summed E-state index contributed by atoms with van der Waals surface area (Å²) in [6.45, 7) is 5.57. The molecular weight excluding hydrogens is 336 g/mol. The molecule has 2 aliphatic heterocycles. The number of benzene rings is 2. The van der Waals surface area contributed by atoms with Gasteiger partial charge in [0.15, 0.2) is 0 Å². The number of likely N-dealkylation sites (tertiary alicyclic amines) is 1. The lowest BCUT2D eigenvalue weighted by atomic mass is 10.0. The van der Waals surface area contributed by atoms with Gasteiger partial charge in [0, 0.05) is 13.1 Å². The monoisotopic (exact) mass is 360 g/mol. The Hall–Kier alpha value is -2.88. The molecule has 0 saturated carbocycles. The van der Waals surface area contributed by atoms with E-state index in [4.69, 9.17) is 0 Å². The number of hydrogen-bond acceptors (Lipinski definition) is 3. The fourth-order valence-corrected chi connectivity index (χ4v) is 3.97. The number of imide groups is 1. The predicted octanol–water partition coefficient (Wildman–Crippen LogP) is 4.07. The van der Waals surface area contributed by atoms with Crippen LogP contribution in [0.5, 0.6) is 0 Å². The van der Waals surface area contributed by atoms with Crippen LogP contribution in [-0.4, -0.2) is 29.8 Å². The maximum Gasteiger partial charge on any atom is 0.282 e. The third-order valence-electron chi connectivity index (χ3n) is 5.40. The zero-order chi connectivity index (χ0) is 19.0. The molecule has 0 unspecified atom stereocenters. The minimum absolute atomic E-state index is 0.200. The van der Waals surface area contributed by atoms with Crippen LogP contribution in [0.1, 0.15) is 36.0 Å². The first-order valence-corrected chi connectivity index (χ1v) is 9.58. The van der Waals surface area contributed by atoms with E-state index in [2.05, 4.69) is 4.90 Å².